The minimum atomic E-state index is -1.05. The first kappa shape index (κ1) is 14.0. The van der Waals surface area contributed by atoms with Gasteiger partial charge in [0, 0.05) is 19.5 Å². The summed E-state index contributed by atoms with van der Waals surface area (Å²) in [4.78, 5) is 23.1. The number of amides is 2. The molecule has 0 heterocycles. The third-order valence-electron chi connectivity index (χ3n) is 1.74. The fraction of sp³-hybridized carbons (Fsp3) is 0.455. The number of carboxylic acid groups (broad SMARTS) is 1. The highest BCUT2D eigenvalue weighted by atomic mass is 16.4. The monoisotopic (exact) mass is 224 g/mol. The van der Waals surface area contributed by atoms with Gasteiger partial charge in [-0.15, -0.1) is 18.9 Å². The lowest BCUT2D eigenvalue weighted by Gasteiger charge is -2.19. The Morgan fingerprint density at radius 1 is 1.56 bits per heavy atom. The summed E-state index contributed by atoms with van der Waals surface area (Å²) < 4.78 is 0. The molecule has 2 amide bonds. The summed E-state index contributed by atoms with van der Waals surface area (Å²) in [7, 11) is 0. The van der Waals surface area contributed by atoms with Crippen molar-refractivity contribution in [1.82, 2.24) is 10.2 Å². The molecule has 0 unspecified atom stereocenters. The van der Waals surface area contributed by atoms with Crippen molar-refractivity contribution in [1.29, 1.82) is 0 Å². The number of nitrogens with zero attached hydrogens (tertiary/aromatic N) is 1. The molecule has 0 atom stereocenters. The lowest BCUT2D eigenvalue weighted by Crippen LogP contribution is -2.43. The van der Waals surface area contributed by atoms with Crippen LogP contribution in [0.15, 0.2) is 12.7 Å². The third kappa shape index (κ3) is 6.49. The van der Waals surface area contributed by atoms with Crippen molar-refractivity contribution in [2.75, 3.05) is 19.6 Å². The smallest absolute Gasteiger partial charge is 0.323 e. The first-order chi connectivity index (χ1) is 7.61. The van der Waals surface area contributed by atoms with Crippen molar-refractivity contribution in [3.63, 3.8) is 0 Å². The molecule has 5 nitrogen and oxygen atoms in total. The van der Waals surface area contributed by atoms with Gasteiger partial charge in [-0.2, -0.15) is 0 Å². The van der Waals surface area contributed by atoms with Gasteiger partial charge in [-0.3, -0.25) is 4.79 Å². The number of unbranched alkanes of at least 4 members (excludes halogenated alkanes) is 1. The van der Waals surface area contributed by atoms with E-state index in [0.717, 1.165) is 4.90 Å². The predicted molar refractivity (Wildman–Crippen MR) is 60.9 cm³/mol. The number of carbonyl (C=O) groups excluding carboxylic acids is 1. The average Bonchev–Trinajstić information content (AvgIpc) is 2.23. The van der Waals surface area contributed by atoms with E-state index in [1.807, 2.05) is 0 Å². The second-order valence-electron chi connectivity index (χ2n) is 3.10. The minimum absolute atomic E-state index is 0.202. The Balaban J connectivity index is 4.01. The normalized spacial score (nSPS) is 8.94. The summed E-state index contributed by atoms with van der Waals surface area (Å²) in [5.74, 6) is 1.40. The van der Waals surface area contributed by atoms with Crippen LogP contribution < -0.4 is 5.32 Å². The number of aliphatic carboxylic acids is 1. The molecule has 0 spiro atoms. The molecule has 0 aromatic rings. The standard InChI is InChI=1S/C11H16N2O3/c1-3-5-6-7-12-11(16)13(8-4-2)9-10(14)15/h1,4H,2,5-9H2,(H,12,16)(H,14,15). The number of carboxylic acids is 1. The van der Waals surface area contributed by atoms with Crippen molar-refractivity contribution >= 4 is 12.0 Å². The van der Waals surface area contributed by atoms with E-state index in [2.05, 4.69) is 17.8 Å². The Kier molecular flexibility index (Phi) is 7.33. The van der Waals surface area contributed by atoms with Gasteiger partial charge in [0.25, 0.3) is 0 Å². The van der Waals surface area contributed by atoms with E-state index in [0.29, 0.717) is 19.4 Å². The average molecular weight is 224 g/mol. The Morgan fingerprint density at radius 3 is 2.75 bits per heavy atom. The van der Waals surface area contributed by atoms with Crippen LogP contribution in [-0.4, -0.2) is 41.6 Å². The van der Waals surface area contributed by atoms with E-state index in [1.165, 1.54) is 6.08 Å². The molecular formula is C11H16N2O3. The van der Waals surface area contributed by atoms with Crippen LogP contribution in [0, 0.1) is 12.3 Å². The van der Waals surface area contributed by atoms with Gasteiger partial charge in [-0.1, -0.05) is 6.08 Å². The maximum absolute atomic E-state index is 11.5. The molecule has 16 heavy (non-hydrogen) atoms. The molecule has 0 bridgehead atoms. The Labute approximate surface area is 95.1 Å². The number of carbonyl (C=O) groups is 2. The summed E-state index contributed by atoms with van der Waals surface area (Å²) in [6.07, 6.45) is 7.79. The first-order valence-corrected chi connectivity index (χ1v) is 4.90. The van der Waals surface area contributed by atoms with Crippen molar-refractivity contribution in [3.8, 4) is 12.3 Å². The maximum atomic E-state index is 11.5. The van der Waals surface area contributed by atoms with E-state index >= 15 is 0 Å². The molecule has 0 saturated carbocycles. The van der Waals surface area contributed by atoms with Crippen LogP contribution in [0.2, 0.25) is 0 Å². The fourth-order valence-corrected chi connectivity index (χ4v) is 1.04. The van der Waals surface area contributed by atoms with Crippen LogP contribution in [0.1, 0.15) is 12.8 Å². The zero-order chi connectivity index (χ0) is 12.4. The van der Waals surface area contributed by atoms with Crippen LogP contribution in [0.5, 0.6) is 0 Å². The summed E-state index contributed by atoms with van der Waals surface area (Å²) in [5.41, 5.74) is 0. The molecule has 2 N–H and O–H groups in total. The highest BCUT2D eigenvalue weighted by Gasteiger charge is 2.14. The summed E-state index contributed by atoms with van der Waals surface area (Å²) in [6.45, 7) is 3.76. The van der Waals surface area contributed by atoms with Crippen molar-refractivity contribution < 1.29 is 14.7 Å². The van der Waals surface area contributed by atoms with Gasteiger partial charge in [0.2, 0.25) is 0 Å². The van der Waals surface area contributed by atoms with E-state index in [-0.39, 0.29) is 13.1 Å². The molecule has 0 aromatic heterocycles. The SMILES string of the molecule is C#CCCCNC(=O)N(CC=C)CC(=O)O. The number of hydrogen-bond donors (Lipinski definition) is 2. The molecule has 0 aliphatic carbocycles. The molecule has 0 aliphatic heterocycles. The Hall–Kier alpha value is -1.96. The van der Waals surface area contributed by atoms with Crippen LogP contribution in [0.4, 0.5) is 4.79 Å². The van der Waals surface area contributed by atoms with Crippen LogP contribution in [0.25, 0.3) is 0 Å². The summed E-state index contributed by atoms with van der Waals surface area (Å²) in [5, 5.41) is 11.2. The highest BCUT2D eigenvalue weighted by Crippen LogP contribution is 1.91. The van der Waals surface area contributed by atoms with Gasteiger partial charge in [0.05, 0.1) is 0 Å². The zero-order valence-electron chi connectivity index (χ0n) is 9.11. The Bertz CT molecular complexity index is 294. The maximum Gasteiger partial charge on any atom is 0.323 e. The van der Waals surface area contributed by atoms with E-state index < -0.39 is 12.0 Å². The van der Waals surface area contributed by atoms with Gasteiger partial charge >= 0.3 is 12.0 Å². The van der Waals surface area contributed by atoms with Gasteiger partial charge < -0.3 is 15.3 Å². The highest BCUT2D eigenvalue weighted by molar-refractivity contribution is 5.80. The first-order valence-electron chi connectivity index (χ1n) is 4.90. The third-order valence-corrected chi connectivity index (χ3v) is 1.74. The van der Waals surface area contributed by atoms with E-state index in [4.69, 9.17) is 11.5 Å². The van der Waals surface area contributed by atoms with Gasteiger partial charge in [-0.05, 0) is 6.42 Å². The van der Waals surface area contributed by atoms with E-state index in [9.17, 15) is 9.59 Å². The van der Waals surface area contributed by atoms with Crippen molar-refractivity contribution in [2.45, 2.75) is 12.8 Å². The quantitative estimate of drug-likeness (QED) is 0.379. The predicted octanol–water partition coefficient (Wildman–Crippen LogP) is 0.682. The second-order valence-corrected chi connectivity index (χ2v) is 3.10. The molecule has 0 aromatic carbocycles. The number of nitrogens with one attached hydrogen (secondary N) is 1. The zero-order valence-corrected chi connectivity index (χ0v) is 9.11. The molecule has 0 saturated heterocycles. The van der Waals surface area contributed by atoms with Crippen LogP contribution in [-0.2, 0) is 4.79 Å². The summed E-state index contributed by atoms with van der Waals surface area (Å²) >= 11 is 0. The second kappa shape index (κ2) is 8.36. The van der Waals surface area contributed by atoms with Crippen molar-refractivity contribution in [3.05, 3.63) is 12.7 Å². The molecule has 5 heteroatoms. The lowest BCUT2D eigenvalue weighted by atomic mass is 10.3. The van der Waals surface area contributed by atoms with Crippen LogP contribution in [0.3, 0.4) is 0 Å². The molecule has 0 fully saturated rings. The van der Waals surface area contributed by atoms with Gasteiger partial charge in [0.15, 0.2) is 0 Å². The number of rotatable bonds is 7. The molecule has 88 valence electrons. The molecule has 0 rings (SSSR count). The van der Waals surface area contributed by atoms with Crippen molar-refractivity contribution in [2.24, 2.45) is 0 Å². The topological polar surface area (TPSA) is 69.6 Å². The van der Waals surface area contributed by atoms with E-state index in [1.54, 1.807) is 0 Å². The molecule has 0 radical (unpaired) electrons. The lowest BCUT2D eigenvalue weighted by molar-refractivity contribution is -0.137. The number of urea groups is 1. The number of hydrogen-bond acceptors (Lipinski definition) is 2. The number of terminal acetylenes is 1. The minimum Gasteiger partial charge on any atom is -0.480 e. The summed E-state index contributed by atoms with van der Waals surface area (Å²) in [6, 6.07) is -0.417. The largest absolute Gasteiger partial charge is 0.480 e. The fourth-order valence-electron chi connectivity index (χ4n) is 1.04. The Morgan fingerprint density at radius 2 is 2.25 bits per heavy atom. The van der Waals surface area contributed by atoms with Gasteiger partial charge in [-0.25, -0.2) is 4.79 Å². The molecular weight excluding hydrogens is 208 g/mol. The van der Waals surface area contributed by atoms with Gasteiger partial charge in [0.1, 0.15) is 6.54 Å². The molecule has 0 aliphatic rings. The van der Waals surface area contributed by atoms with Crippen LogP contribution >= 0.6 is 0 Å².